The van der Waals surface area contributed by atoms with Crippen molar-refractivity contribution >= 4 is 11.8 Å². The van der Waals surface area contributed by atoms with Gasteiger partial charge in [-0.1, -0.05) is 52.2 Å². The average molecular weight is 278 g/mol. The first-order valence-electron chi connectivity index (χ1n) is 7.35. The standard InChI is InChI=1S/C17H26OS/c1-16(2,3)14-7-9-15(10-8-14)19-13-17(18)11-5-4-6-12-17/h7-10,18H,4-6,11-13H2,1-3H3. The predicted molar refractivity (Wildman–Crippen MR) is 83.9 cm³/mol. The molecule has 1 N–H and O–H groups in total. The van der Waals surface area contributed by atoms with E-state index in [-0.39, 0.29) is 5.41 Å². The molecule has 0 spiro atoms. The zero-order valence-electron chi connectivity index (χ0n) is 12.4. The lowest BCUT2D eigenvalue weighted by Crippen LogP contribution is -2.33. The van der Waals surface area contributed by atoms with Crippen LogP contribution in [-0.2, 0) is 5.41 Å². The molecule has 1 fully saturated rings. The van der Waals surface area contributed by atoms with E-state index in [9.17, 15) is 5.11 Å². The summed E-state index contributed by atoms with van der Waals surface area (Å²) in [7, 11) is 0. The maximum absolute atomic E-state index is 10.5. The molecule has 0 saturated heterocycles. The second-order valence-electron chi connectivity index (χ2n) is 6.85. The molecule has 0 aromatic heterocycles. The Morgan fingerprint density at radius 2 is 1.63 bits per heavy atom. The molecule has 0 bridgehead atoms. The van der Waals surface area contributed by atoms with Gasteiger partial charge in [-0.3, -0.25) is 0 Å². The Balaban J connectivity index is 1.93. The molecule has 1 aliphatic carbocycles. The van der Waals surface area contributed by atoms with Gasteiger partial charge in [-0.15, -0.1) is 11.8 Å². The van der Waals surface area contributed by atoms with E-state index in [0.29, 0.717) is 0 Å². The first-order chi connectivity index (χ1) is 8.89. The van der Waals surface area contributed by atoms with Crippen molar-refractivity contribution in [2.75, 3.05) is 5.75 Å². The number of rotatable bonds is 3. The molecule has 2 heteroatoms. The van der Waals surface area contributed by atoms with Gasteiger partial charge in [0, 0.05) is 10.6 Å². The summed E-state index contributed by atoms with van der Waals surface area (Å²) in [6.07, 6.45) is 5.59. The van der Waals surface area contributed by atoms with Crippen LogP contribution in [0, 0.1) is 0 Å². The molecule has 0 radical (unpaired) electrons. The second kappa shape index (κ2) is 5.88. The van der Waals surface area contributed by atoms with E-state index >= 15 is 0 Å². The summed E-state index contributed by atoms with van der Waals surface area (Å²) >= 11 is 1.80. The zero-order chi connectivity index (χ0) is 13.9. The summed E-state index contributed by atoms with van der Waals surface area (Å²) in [6.45, 7) is 6.71. The molecule has 2 rings (SSSR count). The lowest BCUT2D eigenvalue weighted by Gasteiger charge is -2.31. The fraction of sp³-hybridized carbons (Fsp3) is 0.647. The Morgan fingerprint density at radius 3 is 2.16 bits per heavy atom. The van der Waals surface area contributed by atoms with Crippen molar-refractivity contribution in [2.24, 2.45) is 0 Å². The van der Waals surface area contributed by atoms with Crippen LogP contribution in [0.25, 0.3) is 0 Å². The molecular weight excluding hydrogens is 252 g/mol. The maximum atomic E-state index is 10.5. The van der Waals surface area contributed by atoms with Crippen LogP contribution in [0.5, 0.6) is 0 Å². The van der Waals surface area contributed by atoms with E-state index in [2.05, 4.69) is 45.0 Å². The van der Waals surface area contributed by atoms with Crippen LogP contribution in [0.1, 0.15) is 58.4 Å². The Labute approximate surface area is 121 Å². The third-order valence-corrected chi connectivity index (χ3v) is 5.30. The van der Waals surface area contributed by atoms with Crippen molar-refractivity contribution in [1.82, 2.24) is 0 Å². The Morgan fingerprint density at radius 1 is 1.05 bits per heavy atom. The lowest BCUT2D eigenvalue weighted by molar-refractivity contribution is 0.0273. The third kappa shape index (κ3) is 4.25. The number of thioether (sulfide) groups is 1. The second-order valence-corrected chi connectivity index (χ2v) is 7.90. The van der Waals surface area contributed by atoms with Crippen molar-refractivity contribution in [3.63, 3.8) is 0 Å². The van der Waals surface area contributed by atoms with Crippen molar-refractivity contribution in [3.05, 3.63) is 29.8 Å². The lowest BCUT2D eigenvalue weighted by atomic mass is 9.86. The molecule has 0 heterocycles. The topological polar surface area (TPSA) is 20.2 Å². The summed E-state index contributed by atoms with van der Waals surface area (Å²) in [4.78, 5) is 1.27. The molecule has 1 saturated carbocycles. The van der Waals surface area contributed by atoms with Crippen LogP contribution < -0.4 is 0 Å². The Hall–Kier alpha value is -0.470. The van der Waals surface area contributed by atoms with Gasteiger partial charge in [-0.25, -0.2) is 0 Å². The molecule has 1 aromatic rings. The molecule has 0 unspecified atom stereocenters. The predicted octanol–water partition coefficient (Wildman–Crippen LogP) is 4.77. The monoisotopic (exact) mass is 278 g/mol. The maximum Gasteiger partial charge on any atom is 0.0741 e. The van der Waals surface area contributed by atoms with E-state index < -0.39 is 5.60 Å². The van der Waals surface area contributed by atoms with Gasteiger partial charge in [0.05, 0.1) is 5.60 Å². The minimum Gasteiger partial charge on any atom is -0.389 e. The highest BCUT2D eigenvalue weighted by atomic mass is 32.2. The van der Waals surface area contributed by atoms with Gasteiger partial charge in [0.25, 0.3) is 0 Å². The van der Waals surface area contributed by atoms with Gasteiger partial charge >= 0.3 is 0 Å². The van der Waals surface area contributed by atoms with Crippen LogP contribution in [0.15, 0.2) is 29.2 Å². The largest absolute Gasteiger partial charge is 0.389 e. The highest BCUT2D eigenvalue weighted by molar-refractivity contribution is 7.99. The molecule has 1 aliphatic rings. The summed E-state index contributed by atoms with van der Waals surface area (Å²) in [5.74, 6) is 0.835. The van der Waals surface area contributed by atoms with Gasteiger partial charge in [0.2, 0.25) is 0 Å². The van der Waals surface area contributed by atoms with E-state index in [1.54, 1.807) is 11.8 Å². The van der Waals surface area contributed by atoms with Gasteiger partial charge < -0.3 is 5.11 Å². The number of benzene rings is 1. The summed E-state index contributed by atoms with van der Waals surface area (Å²) < 4.78 is 0. The SMILES string of the molecule is CC(C)(C)c1ccc(SCC2(O)CCCCC2)cc1. The Kier molecular flexibility index (Phi) is 4.62. The molecule has 106 valence electrons. The van der Waals surface area contributed by atoms with E-state index in [0.717, 1.165) is 18.6 Å². The smallest absolute Gasteiger partial charge is 0.0741 e. The first-order valence-corrected chi connectivity index (χ1v) is 8.33. The zero-order valence-corrected chi connectivity index (χ0v) is 13.2. The van der Waals surface area contributed by atoms with E-state index in [1.807, 2.05) is 0 Å². The number of aliphatic hydroxyl groups is 1. The van der Waals surface area contributed by atoms with Gasteiger partial charge in [-0.2, -0.15) is 0 Å². The van der Waals surface area contributed by atoms with Crippen molar-refractivity contribution in [3.8, 4) is 0 Å². The fourth-order valence-corrected chi connectivity index (χ4v) is 3.68. The molecule has 0 atom stereocenters. The van der Waals surface area contributed by atoms with Crippen LogP contribution in [0.4, 0.5) is 0 Å². The van der Waals surface area contributed by atoms with Crippen LogP contribution in [0.2, 0.25) is 0 Å². The minimum absolute atomic E-state index is 0.213. The van der Waals surface area contributed by atoms with E-state index in [4.69, 9.17) is 0 Å². The van der Waals surface area contributed by atoms with E-state index in [1.165, 1.54) is 29.7 Å². The van der Waals surface area contributed by atoms with Crippen LogP contribution in [-0.4, -0.2) is 16.5 Å². The summed E-state index contributed by atoms with van der Waals surface area (Å²) in [5, 5.41) is 10.5. The van der Waals surface area contributed by atoms with Crippen LogP contribution >= 0.6 is 11.8 Å². The molecular formula is C17H26OS. The highest BCUT2D eigenvalue weighted by Crippen LogP contribution is 2.34. The van der Waals surface area contributed by atoms with Gasteiger partial charge in [0.15, 0.2) is 0 Å². The fourth-order valence-electron chi connectivity index (χ4n) is 2.62. The highest BCUT2D eigenvalue weighted by Gasteiger charge is 2.29. The number of hydrogen-bond acceptors (Lipinski definition) is 2. The summed E-state index contributed by atoms with van der Waals surface area (Å²) in [5.41, 5.74) is 1.16. The van der Waals surface area contributed by atoms with Gasteiger partial charge in [0.1, 0.15) is 0 Å². The van der Waals surface area contributed by atoms with Gasteiger partial charge in [-0.05, 0) is 36.0 Å². The Bertz CT molecular complexity index is 396. The van der Waals surface area contributed by atoms with Crippen molar-refractivity contribution < 1.29 is 5.11 Å². The van der Waals surface area contributed by atoms with Crippen molar-refractivity contribution in [1.29, 1.82) is 0 Å². The quantitative estimate of drug-likeness (QED) is 0.804. The molecule has 1 nitrogen and oxygen atoms in total. The third-order valence-electron chi connectivity index (χ3n) is 4.01. The van der Waals surface area contributed by atoms with Crippen LogP contribution in [0.3, 0.4) is 0 Å². The summed E-state index contributed by atoms with van der Waals surface area (Å²) in [6, 6.07) is 8.81. The molecule has 0 amide bonds. The molecule has 19 heavy (non-hydrogen) atoms. The molecule has 0 aliphatic heterocycles. The number of hydrogen-bond donors (Lipinski definition) is 1. The average Bonchev–Trinajstić information content (AvgIpc) is 2.37. The minimum atomic E-state index is -0.425. The first kappa shape index (κ1) is 14.9. The normalized spacial score (nSPS) is 19.4. The molecule has 1 aromatic carbocycles. The van der Waals surface area contributed by atoms with Crippen molar-refractivity contribution in [2.45, 2.75) is 68.8 Å².